The molecule has 2 aromatic rings. The normalized spacial score (nSPS) is 12.6. The first-order chi connectivity index (χ1) is 12.0. The lowest BCUT2D eigenvalue weighted by Gasteiger charge is -2.28. The van der Waals surface area contributed by atoms with Gasteiger partial charge in [-0.05, 0) is 55.8 Å². The largest absolute Gasteiger partial charge is 0.508 e. The molecule has 0 saturated carbocycles. The van der Waals surface area contributed by atoms with Gasteiger partial charge in [0.1, 0.15) is 11.5 Å². The Morgan fingerprint density at radius 2 is 1.56 bits per heavy atom. The zero-order valence-corrected chi connectivity index (χ0v) is 15.5. The Labute approximate surface area is 148 Å². The summed E-state index contributed by atoms with van der Waals surface area (Å²) in [4.78, 5) is 0. The number of nitrogens with one attached hydrogen (secondary N) is 1. The summed E-state index contributed by atoms with van der Waals surface area (Å²) in [6, 6.07) is 13.7. The number of aromatic hydroxyl groups is 1. The van der Waals surface area contributed by atoms with Crippen molar-refractivity contribution in [2.24, 2.45) is 0 Å². The molecule has 136 valence electrons. The van der Waals surface area contributed by atoms with E-state index in [2.05, 4.69) is 5.32 Å². The van der Waals surface area contributed by atoms with Gasteiger partial charge >= 0.3 is 7.60 Å². The number of anilines is 1. The molecule has 0 aliphatic rings. The van der Waals surface area contributed by atoms with Crippen molar-refractivity contribution in [2.75, 3.05) is 25.6 Å². The third-order valence-electron chi connectivity index (χ3n) is 3.54. The molecule has 0 aliphatic carbocycles. The molecule has 0 amide bonds. The maximum absolute atomic E-state index is 13.3. The molecule has 7 heteroatoms. The van der Waals surface area contributed by atoms with Gasteiger partial charge in [0, 0.05) is 5.69 Å². The predicted octanol–water partition coefficient (Wildman–Crippen LogP) is 4.78. The van der Waals surface area contributed by atoms with Crippen LogP contribution in [0.5, 0.6) is 11.5 Å². The summed E-state index contributed by atoms with van der Waals surface area (Å²) in [5.41, 5.74) is 1.44. The number of phenols is 1. The Bertz CT molecular complexity index is 692. The highest BCUT2D eigenvalue weighted by Gasteiger charge is 2.37. The summed E-state index contributed by atoms with van der Waals surface area (Å²) in [7, 11) is -1.88. The van der Waals surface area contributed by atoms with E-state index in [0.717, 1.165) is 11.4 Å². The fourth-order valence-electron chi connectivity index (χ4n) is 2.39. The molecular formula is C18H24NO5P. The molecule has 0 fully saturated rings. The molecule has 2 aromatic carbocycles. The summed E-state index contributed by atoms with van der Waals surface area (Å²) in [6.45, 7) is 4.06. The van der Waals surface area contributed by atoms with Crippen LogP contribution in [-0.2, 0) is 13.6 Å². The molecule has 0 radical (unpaired) electrons. The number of benzene rings is 2. The second kappa shape index (κ2) is 8.90. The summed E-state index contributed by atoms with van der Waals surface area (Å²) >= 11 is 0. The zero-order chi connectivity index (χ0) is 18.3. The SMILES string of the molecule is CCOP(=O)(OCC)C(Nc1ccc(OC)cc1)c1ccc(O)cc1. The van der Waals surface area contributed by atoms with Gasteiger partial charge in [-0.2, -0.15) is 0 Å². The lowest BCUT2D eigenvalue weighted by molar-refractivity contribution is 0.214. The first kappa shape index (κ1) is 19.3. The topological polar surface area (TPSA) is 77.0 Å². The van der Waals surface area contributed by atoms with Crippen LogP contribution in [0.3, 0.4) is 0 Å². The van der Waals surface area contributed by atoms with Gasteiger partial charge in [0.05, 0.1) is 20.3 Å². The molecule has 0 aromatic heterocycles. The predicted molar refractivity (Wildman–Crippen MR) is 98.3 cm³/mol. The number of rotatable bonds is 9. The van der Waals surface area contributed by atoms with Crippen LogP contribution in [0.25, 0.3) is 0 Å². The molecule has 1 unspecified atom stereocenters. The van der Waals surface area contributed by atoms with Crippen LogP contribution in [-0.4, -0.2) is 25.4 Å². The van der Waals surface area contributed by atoms with Crippen molar-refractivity contribution in [1.29, 1.82) is 0 Å². The van der Waals surface area contributed by atoms with Gasteiger partial charge in [-0.15, -0.1) is 0 Å². The van der Waals surface area contributed by atoms with Crippen LogP contribution in [0.2, 0.25) is 0 Å². The van der Waals surface area contributed by atoms with E-state index >= 15 is 0 Å². The van der Waals surface area contributed by atoms with Crippen LogP contribution in [0, 0.1) is 0 Å². The molecular weight excluding hydrogens is 341 g/mol. The van der Waals surface area contributed by atoms with Crippen LogP contribution in [0.15, 0.2) is 48.5 Å². The minimum absolute atomic E-state index is 0.134. The number of ether oxygens (including phenoxy) is 1. The summed E-state index contributed by atoms with van der Waals surface area (Å²) in [6.07, 6.45) is 0. The number of methoxy groups -OCH3 is 1. The highest BCUT2D eigenvalue weighted by atomic mass is 31.2. The first-order valence-electron chi connectivity index (χ1n) is 8.10. The Morgan fingerprint density at radius 1 is 1.00 bits per heavy atom. The van der Waals surface area contributed by atoms with Gasteiger partial charge in [0.2, 0.25) is 0 Å². The molecule has 25 heavy (non-hydrogen) atoms. The van der Waals surface area contributed by atoms with E-state index in [9.17, 15) is 9.67 Å². The molecule has 0 saturated heterocycles. The Morgan fingerprint density at radius 3 is 2.04 bits per heavy atom. The minimum Gasteiger partial charge on any atom is -0.508 e. The van der Waals surface area contributed by atoms with Crippen LogP contribution in [0.4, 0.5) is 5.69 Å². The minimum atomic E-state index is -3.47. The monoisotopic (exact) mass is 365 g/mol. The van der Waals surface area contributed by atoms with Crippen molar-refractivity contribution < 1.29 is 23.5 Å². The maximum atomic E-state index is 13.3. The Hall–Kier alpha value is -2.01. The average molecular weight is 365 g/mol. The smallest absolute Gasteiger partial charge is 0.357 e. The van der Waals surface area contributed by atoms with Crippen LogP contribution >= 0.6 is 7.60 Å². The number of hydrogen-bond acceptors (Lipinski definition) is 6. The van der Waals surface area contributed by atoms with E-state index in [1.807, 2.05) is 24.3 Å². The highest BCUT2D eigenvalue weighted by Crippen LogP contribution is 2.60. The number of phenolic OH excluding ortho intramolecular Hbond substituents is 1. The lowest BCUT2D eigenvalue weighted by Crippen LogP contribution is -2.15. The maximum Gasteiger partial charge on any atom is 0.357 e. The van der Waals surface area contributed by atoms with Crippen molar-refractivity contribution >= 4 is 13.3 Å². The van der Waals surface area contributed by atoms with Crippen molar-refractivity contribution in [2.45, 2.75) is 19.6 Å². The van der Waals surface area contributed by atoms with Crippen molar-refractivity contribution in [1.82, 2.24) is 0 Å². The van der Waals surface area contributed by atoms with E-state index in [-0.39, 0.29) is 19.0 Å². The fraction of sp³-hybridized carbons (Fsp3) is 0.333. The second-order valence-corrected chi connectivity index (χ2v) is 7.35. The third-order valence-corrected chi connectivity index (χ3v) is 5.83. The van der Waals surface area contributed by atoms with Gasteiger partial charge in [-0.1, -0.05) is 12.1 Å². The Kier molecular flexibility index (Phi) is 6.88. The van der Waals surface area contributed by atoms with Crippen molar-refractivity contribution in [3.05, 3.63) is 54.1 Å². The molecule has 0 heterocycles. The zero-order valence-electron chi connectivity index (χ0n) is 14.6. The van der Waals surface area contributed by atoms with E-state index in [4.69, 9.17) is 13.8 Å². The van der Waals surface area contributed by atoms with Gasteiger partial charge < -0.3 is 24.2 Å². The lowest BCUT2D eigenvalue weighted by atomic mass is 10.2. The molecule has 2 N–H and O–H groups in total. The fourth-order valence-corrected chi connectivity index (χ4v) is 4.33. The molecule has 6 nitrogen and oxygen atoms in total. The molecule has 0 bridgehead atoms. The molecule has 0 aliphatic heterocycles. The van der Waals surface area contributed by atoms with E-state index < -0.39 is 13.4 Å². The molecule has 2 rings (SSSR count). The molecule has 0 spiro atoms. The first-order valence-corrected chi connectivity index (χ1v) is 9.72. The van der Waals surface area contributed by atoms with Gasteiger partial charge in [0.25, 0.3) is 0 Å². The van der Waals surface area contributed by atoms with Gasteiger partial charge in [-0.25, -0.2) is 0 Å². The van der Waals surface area contributed by atoms with E-state index in [1.165, 1.54) is 0 Å². The highest BCUT2D eigenvalue weighted by molar-refractivity contribution is 7.54. The summed E-state index contributed by atoms with van der Waals surface area (Å²) in [5.74, 6) is 0.153. The van der Waals surface area contributed by atoms with E-state index in [0.29, 0.717) is 5.56 Å². The number of hydrogen-bond donors (Lipinski definition) is 2. The van der Waals surface area contributed by atoms with Gasteiger partial charge in [-0.3, -0.25) is 4.57 Å². The third kappa shape index (κ3) is 4.98. The van der Waals surface area contributed by atoms with Crippen molar-refractivity contribution in [3.63, 3.8) is 0 Å². The van der Waals surface area contributed by atoms with Gasteiger partial charge in [0.15, 0.2) is 5.78 Å². The summed E-state index contributed by atoms with van der Waals surface area (Å²) < 4.78 is 29.5. The molecule has 1 atom stereocenters. The van der Waals surface area contributed by atoms with E-state index in [1.54, 1.807) is 45.2 Å². The second-order valence-electron chi connectivity index (χ2n) is 5.24. The summed E-state index contributed by atoms with van der Waals surface area (Å²) in [5, 5.41) is 12.8. The van der Waals surface area contributed by atoms with Crippen molar-refractivity contribution in [3.8, 4) is 11.5 Å². The van der Waals surface area contributed by atoms with Crippen LogP contribution < -0.4 is 10.1 Å². The van der Waals surface area contributed by atoms with Crippen LogP contribution in [0.1, 0.15) is 25.2 Å². The Balaban J connectivity index is 2.39. The average Bonchev–Trinajstić information content (AvgIpc) is 2.61. The standard InChI is InChI=1S/C18H24NO5P/c1-4-23-25(21,24-5-2)18(14-6-10-16(20)11-7-14)19-15-8-12-17(22-3)13-9-15/h6-13,18-20H,4-5H2,1-3H3. The quantitative estimate of drug-likeness (QED) is 0.623.